The summed E-state index contributed by atoms with van der Waals surface area (Å²) in [6.45, 7) is 0.599. The summed E-state index contributed by atoms with van der Waals surface area (Å²) >= 11 is 1.35. The van der Waals surface area contributed by atoms with E-state index in [0.717, 1.165) is 5.69 Å². The van der Waals surface area contributed by atoms with Gasteiger partial charge >= 0.3 is 0 Å². The highest BCUT2D eigenvalue weighted by atomic mass is 32.1. The first kappa shape index (κ1) is 16.4. The van der Waals surface area contributed by atoms with Gasteiger partial charge in [-0.05, 0) is 30.3 Å². The zero-order valence-corrected chi connectivity index (χ0v) is 14.5. The molecule has 0 atom stereocenters. The van der Waals surface area contributed by atoms with Crippen LogP contribution in [0.4, 0.5) is 9.52 Å². The molecule has 0 radical (unpaired) electrons. The highest BCUT2D eigenvalue weighted by Crippen LogP contribution is 2.24. The van der Waals surface area contributed by atoms with Gasteiger partial charge in [0.2, 0.25) is 0 Å². The summed E-state index contributed by atoms with van der Waals surface area (Å²) in [4.78, 5) is 21.0. The summed E-state index contributed by atoms with van der Waals surface area (Å²) in [5.74, 6) is -0.588. The van der Waals surface area contributed by atoms with Crippen molar-refractivity contribution in [1.82, 2.24) is 14.5 Å². The van der Waals surface area contributed by atoms with Crippen LogP contribution in [-0.4, -0.2) is 20.4 Å². The van der Waals surface area contributed by atoms with E-state index in [4.69, 9.17) is 0 Å². The molecule has 0 bridgehead atoms. The van der Waals surface area contributed by atoms with E-state index in [9.17, 15) is 9.18 Å². The smallest absolute Gasteiger partial charge is 0.259 e. The molecule has 0 fully saturated rings. The summed E-state index contributed by atoms with van der Waals surface area (Å²) in [7, 11) is 0. The number of fused-ring (bicyclic) bond motifs is 1. The average Bonchev–Trinajstić information content (AvgIpc) is 3.28. The maximum Gasteiger partial charge on any atom is 0.259 e. The molecule has 1 amide bonds. The Hall–Kier alpha value is -3.06. The Balaban J connectivity index is 1.66. The van der Waals surface area contributed by atoms with Gasteiger partial charge in [-0.3, -0.25) is 15.1 Å². The Morgan fingerprint density at radius 1 is 1.19 bits per heavy atom. The number of rotatable bonds is 5. The second kappa shape index (κ2) is 7.05. The van der Waals surface area contributed by atoms with E-state index in [1.165, 1.54) is 23.5 Å². The lowest BCUT2D eigenvalue weighted by atomic mass is 10.1. The zero-order chi connectivity index (χ0) is 17.9. The first-order valence-electron chi connectivity index (χ1n) is 8.10. The molecule has 1 aromatic carbocycles. The SMILES string of the molecule is O=C(Nc1nccs1)c1cn(CCc2ccccn2)c2cc(F)ccc12. The molecule has 0 aliphatic heterocycles. The lowest BCUT2D eigenvalue weighted by Crippen LogP contribution is -2.11. The van der Waals surface area contributed by atoms with Crippen LogP contribution in [0.1, 0.15) is 16.1 Å². The van der Waals surface area contributed by atoms with E-state index < -0.39 is 0 Å². The predicted molar refractivity (Wildman–Crippen MR) is 99.9 cm³/mol. The van der Waals surface area contributed by atoms with Crippen LogP contribution in [0.15, 0.2) is 60.4 Å². The fourth-order valence-electron chi connectivity index (χ4n) is 2.86. The number of nitrogens with zero attached hydrogens (tertiary/aromatic N) is 3. The zero-order valence-electron chi connectivity index (χ0n) is 13.7. The summed E-state index contributed by atoms with van der Waals surface area (Å²) in [5, 5.41) is 5.82. The molecular formula is C19H15FN4OS. The Kier molecular flexibility index (Phi) is 4.45. The second-order valence-corrected chi connectivity index (χ2v) is 6.65. The van der Waals surface area contributed by atoms with Gasteiger partial charge in [0, 0.05) is 48.0 Å². The van der Waals surface area contributed by atoms with Crippen LogP contribution in [0.3, 0.4) is 0 Å². The molecule has 7 heteroatoms. The van der Waals surface area contributed by atoms with Crippen molar-refractivity contribution in [3.8, 4) is 0 Å². The number of benzene rings is 1. The molecule has 3 aromatic heterocycles. The largest absolute Gasteiger partial charge is 0.346 e. The van der Waals surface area contributed by atoms with E-state index in [1.807, 2.05) is 22.8 Å². The molecule has 0 spiro atoms. The van der Waals surface area contributed by atoms with Gasteiger partial charge in [-0.15, -0.1) is 11.3 Å². The van der Waals surface area contributed by atoms with Crippen molar-refractivity contribution < 1.29 is 9.18 Å². The van der Waals surface area contributed by atoms with Crippen LogP contribution in [-0.2, 0) is 13.0 Å². The molecule has 3 heterocycles. The Morgan fingerprint density at radius 2 is 2.12 bits per heavy atom. The fraction of sp³-hybridized carbons (Fsp3) is 0.105. The van der Waals surface area contributed by atoms with Crippen molar-refractivity contribution >= 4 is 33.3 Å². The first-order valence-corrected chi connectivity index (χ1v) is 8.98. The number of nitrogens with one attached hydrogen (secondary N) is 1. The molecule has 0 saturated heterocycles. The number of carbonyl (C=O) groups excluding carboxylic acids is 1. The van der Waals surface area contributed by atoms with E-state index >= 15 is 0 Å². The van der Waals surface area contributed by atoms with Gasteiger partial charge in [0.1, 0.15) is 5.82 Å². The minimum absolute atomic E-state index is 0.256. The monoisotopic (exact) mass is 366 g/mol. The molecule has 130 valence electrons. The number of aryl methyl sites for hydroxylation is 2. The van der Waals surface area contributed by atoms with Crippen molar-refractivity contribution in [2.45, 2.75) is 13.0 Å². The molecule has 0 unspecified atom stereocenters. The van der Waals surface area contributed by atoms with Crippen LogP contribution in [0.25, 0.3) is 10.9 Å². The molecule has 0 aliphatic rings. The van der Waals surface area contributed by atoms with Crippen molar-refractivity contribution in [2.24, 2.45) is 0 Å². The van der Waals surface area contributed by atoms with E-state index in [-0.39, 0.29) is 11.7 Å². The van der Waals surface area contributed by atoms with Gasteiger partial charge in [-0.2, -0.15) is 0 Å². The number of hydrogen-bond donors (Lipinski definition) is 1. The van der Waals surface area contributed by atoms with Crippen molar-refractivity contribution in [3.05, 3.63) is 77.4 Å². The third kappa shape index (κ3) is 3.34. The van der Waals surface area contributed by atoms with Gasteiger partial charge in [0.05, 0.1) is 11.1 Å². The number of aromatic nitrogens is 3. The standard InChI is InChI=1S/C19H15FN4OS/c20-13-4-5-15-16(18(25)23-19-22-8-10-26-19)12-24(17(15)11-13)9-6-14-3-1-2-7-21-14/h1-5,7-8,10-12H,6,9H2,(H,22,23,25). The van der Waals surface area contributed by atoms with Crippen molar-refractivity contribution in [1.29, 1.82) is 0 Å². The Morgan fingerprint density at radius 3 is 2.88 bits per heavy atom. The molecule has 1 N–H and O–H groups in total. The lowest BCUT2D eigenvalue weighted by Gasteiger charge is -2.05. The number of thiazole rings is 1. The van der Waals surface area contributed by atoms with Crippen LogP contribution in [0.2, 0.25) is 0 Å². The molecule has 4 aromatic rings. The van der Waals surface area contributed by atoms with E-state index in [2.05, 4.69) is 15.3 Å². The number of amides is 1. The number of pyridine rings is 1. The Labute approximate surface area is 153 Å². The van der Waals surface area contributed by atoms with Crippen molar-refractivity contribution in [3.63, 3.8) is 0 Å². The highest BCUT2D eigenvalue weighted by molar-refractivity contribution is 7.13. The minimum atomic E-state index is -0.332. The summed E-state index contributed by atoms with van der Waals surface area (Å²) in [6.07, 6.45) is 5.83. The third-order valence-corrected chi connectivity index (χ3v) is 4.77. The number of hydrogen-bond acceptors (Lipinski definition) is 4. The number of carbonyl (C=O) groups is 1. The van der Waals surface area contributed by atoms with Crippen molar-refractivity contribution in [2.75, 3.05) is 5.32 Å². The van der Waals surface area contributed by atoms with E-state index in [1.54, 1.807) is 30.0 Å². The Bertz CT molecular complexity index is 1040. The van der Waals surface area contributed by atoms with Gasteiger partial charge in [0.15, 0.2) is 5.13 Å². The quantitative estimate of drug-likeness (QED) is 0.578. The molecule has 0 aliphatic carbocycles. The minimum Gasteiger partial charge on any atom is -0.346 e. The van der Waals surface area contributed by atoms with Gasteiger partial charge in [-0.1, -0.05) is 6.07 Å². The lowest BCUT2D eigenvalue weighted by molar-refractivity contribution is 0.102. The molecule has 26 heavy (non-hydrogen) atoms. The maximum atomic E-state index is 13.8. The molecule has 0 saturated carbocycles. The molecule has 5 nitrogen and oxygen atoms in total. The molecule has 4 rings (SSSR count). The topological polar surface area (TPSA) is 59.8 Å². The average molecular weight is 366 g/mol. The summed E-state index contributed by atoms with van der Waals surface area (Å²) in [6, 6.07) is 10.2. The van der Waals surface area contributed by atoms with Crippen LogP contribution >= 0.6 is 11.3 Å². The summed E-state index contributed by atoms with van der Waals surface area (Å²) < 4.78 is 15.7. The number of anilines is 1. The summed E-state index contributed by atoms with van der Waals surface area (Å²) in [5.41, 5.74) is 2.13. The number of halogens is 1. The van der Waals surface area contributed by atoms with Crippen LogP contribution in [0, 0.1) is 5.82 Å². The van der Waals surface area contributed by atoms with Gasteiger partial charge in [0.25, 0.3) is 5.91 Å². The predicted octanol–water partition coefficient (Wildman–Crippen LogP) is 4.13. The van der Waals surface area contributed by atoms with Gasteiger partial charge in [-0.25, -0.2) is 9.37 Å². The first-order chi connectivity index (χ1) is 12.7. The van der Waals surface area contributed by atoms with E-state index in [0.29, 0.717) is 34.6 Å². The van der Waals surface area contributed by atoms with Crippen LogP contribution < -0.4 is 5.32 Å². The second-order valence-electron chi connectivity index (χ2n) is 5.76. The normalized spacial score (nSPS) is 11.0. The highest BCUT2D eigenvalue weighted by Gasteiger charge is 2.16. The van der Waals surface area contributed by atoms with Crippen LogP contribution in [0.5, 0.6) is 0 Å². The molecular weight excluding hydrogens is 351 g/mol. The maximum absolute atomic E-state index is 13.8. The fourth-order valence-corrected chi connectivity index (χ4v) is 3.39. The third-order valence-electron chi connectivity index (χ3n) is 4.08. The van der Waals surface area contributed by atoms with Gasteiger partial charge < -0.3 is 4.57 Å².